The number of halogens is 4. The topological polar surface area (TPSA) is 91.9 Å². The van der Waals surface area contributed by atoms with Crippen molar-refractivity contribution in [2.45, 2.75) is 4.90 Å². The number of nitrogens with one attached hydrogen (secondary N) is 2. The lowest BCUT2D eigenvalue weighted by Crippen LogP contribution is -2.16. The van der Waals surface area contributed by atoms with Crippen molar-refractivity contribution in [2.75, 3.05) is 4.72 Å². The smallest absolute Gasteiger partial charge is 0.262 e. The molecule has 0 spiro atoms. The molecular formula is C20H11BrF3N3O3S. The number of ketones is 1. The molecule has 0 bridgehead atoms. The number of carbonyl (C=O) groups is 1. The first-order chi connectivity index (χ1) is 14.7. The van der Waals surface area contributed by atoms with Crippen molar-refractivity contribution in [3.05, 3.63) is 87.9 Å². The van der Waals surface area contributed by atoms with Gasteiger partial charge in [0.25, 0.3) is 10.0 Å². The molecular weight excluding hydrogens is 499 g/mol. The number of aromatic nitrogens is 2. The van der Waals surface area contributed by atoms with Gasteiger partial charge in [0.2, 0.25) is 5.78 Å². The molecule has 4 aromatic rings. The van der Waals surface area contributed by atoms with Crippen LogP contribution < -0.4 is 4.72 Å². The predicted octanol–water partition coefficient (Wildman–Crippen LogP) is 4.77. The van der Waals surface area contributed by atoms with E-state index in [0.717, 1.165) is 30.3 Å². The van der Waals surface area contributed by atoms with Crippen molar-refractivity contribution < 1.29 is 26.4 Å². The lowest BCUT2D eigenvalue weighted by molar-refractivity contribution is 0.103. The molecule has 0 amide bonds. The van der Waals surface area contributed by atoms with Crippen molar-refractivity contribution >= 4 is 48.5 Å². The fraction of sp³-hybridized carbons (Fsp3) is 0. The summed E-state index contributed by atoms with van der Waals surface area (Å²) < 4.78 is 70.3. The molecule has 0 aliphatic rings. The molecule has 11 heteroatoms. The van der Waals surface area contributed by atoms with E-state index >= 15 is 4.39 Å². The van der Waals surface area contributed by atoms with Crippen LogP contribution in [-0.4, -0.2) is 24.2 Å². The van der Waals surface area contributed by atoms with Gasteiger partial charge in [0.15, 0.2) is 5.82 Å². The first-order valence-electron chi connectivity index (χ1n) is 8.61. The molecule has 0 fully saturated rings. The van der Waals surface area contributed by atoms with Gasteiger partial charge in [0.1, 0.15) is 17.3 Å². The Morgan fingerprint density at radius 2 is 1.87 bits per heavy atom. The highest BCUT2D eigenvalue weighted by Crippen LogP contribution is 2.29. The molecule has 0 saturated heterocycles. The number of nitrogens with zero attached hydrogens (tertiary/aromatic N) is 1. The summed E-state index contributed by atoms with van der Waals surface area (Å²) in [5.41, 5.74) is -1.32. The summed E-state index contributed by atoms with van der Waals surface area (Å²) in [4.78, 5) is 19.3. The van der Waals surface area contributed by atoms with E-state index in [1.165, 1.54) is 18.5 Å². The highest BCUT2D eigenvalue weighted by Gasteiger charge is 2.26. The highest BCUT2D eigenvalue weighted by atomic mass is 79.9. The maximum Gasteiger partial charge on any atom is 0.262 e. The van der Waals surface area contributed by atoms with Crippen LogP contribution in [0.15, 0.2) is 64.2 Å². The fourth-order valence-corrected chi connectivity index (χ4v) is 4.40. The number of fused-ring (bicyclic) bond motifs is 1. The summed E-state index contributed by atoms with van der Waals surface area (Å²) in [6, 6.07) is 7.22. The van der Waals surface area contributed by atoms with Gasteiger partial charge in [-0.3, -0.25) is 9.52 Å². The Hall–Kier alpha value is -3.18. The molecule has 158 valence electrons. The zero-order chi connectivity index (χ0) is 22.3. The largest absolute Gasteiger partial charge is 0.345 e. The number of anilines is 1. The molecule has 0 atom stereocenters. The first-order valence-corrected chi connectivity index (χ1v) is 10.9. The monoisotopic (exact) mass is 509 g/mol. The van der Waals surface area contributed by atoms with E-state index in [9.17, 15) is 22.0 Å². The maximum absolute atomic E-state index is 15.1. The van der Waals surface area contributed by atoms with E-state index in [0.29, 0.717) is 15.5 Å². The van der Waals surface area contributed by atoms with Crippen LogP contribution in [-0.2, 0) is 10.0 Å². The third-order valence-electron chi connectivity index (χ3n) is 4.41. The SMILES string of the molecule is O=C(c1c(F)ccc(NS(=O)(=O)c2cccc(F)c2)c1F)c1c[nH]c2ncc(Br)cc12. The van der Waals surface area contributed by atoms with Crippen molar-refractivity contribution in [3.63, 3.8) is 0 Å². The number of carbonyl (C=O) groups excluding carboxylic acids is 1. The average Bonchev–Trinajstić information content (AvgIpc) is 3.13. The maximum atomic E-state index is 15.1. The van der Waals surface area contributed by atoms with Crippen molar-refractivity contribution in [1.82, 2.24) is 9.97 Å². The van der Waals surface area contributed by atoms with E-state index in [-0.39, 0.29) is 5.56 Å². The molecule has 0 unspecified atom stereocenters. The van der Waals surface area contributed by atoms with Crippen molar-refractivity contribution in [1.29, 1.82) is 0 Å². The van der Waals surface area contributed by atoms with E-state index in [1.54, 1.807) is 6.07 Å². The van der Waals surface area contributed by atoms with Crippen LogP contribution in [0.4, 0.5) is 18.9 Å². The number of aromatic amines is 1. The van der Waals surface area contributed by atoms with Crippen LogP contribution in [0.5, 0.6) is 0 Å². The normalized spacial score (nSPS) is 11.6. The molecule has 2 heterocycles. The van der Waals surface area contributed by atoms with Crippen molar-refractivity contribution in [2.24, 2.45) is 0 Å². The summed E-state index contributed by atoms with van der Waals surface area (Å²) >= 11 is 3.22. The Kier molecular flexibility index (Phi) is 5.31. The first kappa shape index (κ1) is 21.1. The zero-order valence-corrected chi connectivity index (χ0v) is 17.7. The molecule has 6 nitrogen and oxygen atoms in total. The molecule has 31 heavy (non-hydrogen) atoms. The average molecular weight is 510 g/mol. The Labute approximate surface area is 182 Å². The highest BCUT2D eigenvalue weighted by molar-refractivity contribution is 9.10. The molecule has 2 aromatic heterocycles. The number of hydrogen-bond acceptors (Lipinski definition) is 4. The molecule has 0 radical (unpaired) electrons. The van der Waals surface area contributed by atoms with Crippen LogP contribution in [0.2, 0.25) is 0 Å². The predicted molar refractivity (Wildman–Crippen MR) is 111 cm³/mol. The minimum absolute atomic E-state index is 0.0493. The number of pyridine rings is 1. The lowest BCUT2D eigenvalue weighted by atomic mass is 10.0. The van der Waals surface area contributed by atoms with E-state index < -0.39 is 49.4 Å². The quantitative estimate of drug-likeness (QED) is 0.379. The van der Waals surface area contributed by atoms with Gasteiger partial charge in [-0.15, -0.1) is 0 Å². The van der Waals surface area contributed by atoms with Gasteiger partial charge in [-0.2, -0.15) is 0 Å². The number of rotatable bonds is 5. The lowest BCUT2D eigenvalue weighted by Gasteiger charge is -2.12. The van der Waals surface area contributed by atoms with Gasteiger partial charge >= 0.3 is 0 Å². The standard InChI is InChI=1S/C20H11BrF3N3O3S/c21-10-6-13-14(9-26-20(13)25-8-10)19(28)17-15(23)4-5-16(18(17)24)27-31(29,30)12-3-1-2-11(22)7-12/h1-9,27H,(H,25,26). The number of benzene rings is 2. The molecule has 0 saturated carbocycles. The van der Waals surface area contributed by atoms with Crippen LogP contribution in [0, 0.1) is 17.5 Å². The van der Waals surface area contributed by atoms with E-state index in [2.05, 4.69) is 25.9 Å². The Morgan fingerprint density at radius 3 is 2.61 bits per heavy atom. The van der Waals surface area contributed by atoms with Gasteiger partial charge in [0, 0.05) is 27.8 Å². The molecule has 2 N–H and O–H groups in total. The number of hydrogen-bond donors (Lipinski definition) is 2. The molecule has 2 aromatic carbocycles. The van der Waals surface area contributed by atoms with E-state index in [1.807, 2.05) is 4.72 Å². The second-order valence-electron chi connectivity index (χ2n) is 6.43. The molecule has 0 aliphatic heterocycles. The summed E-state index contributed by atoms with van der Waals surface area (Å²) in [7, 11) is -4.39. The minimum Gasteiger partial charge on any atom is -0.345 e. The Morgan fingerprint density at radius 1 is 1.10 bits per heavy atom. The summed E-state index contributed by atoms with van der Waals surface area (Å²) in [6.07, 6.45) is 2.74. The third kappa shape index (κ3) is 3.93. The van der Waals surface area contributed by atoms with Gasteiger partial charge in [-0.05, 0) is 52.3 Å². The molecule has 4 rings (SSSR count). The second kappa shape index (κ2) is 7.82. The Balaban J connectivity index is 1.77. The Bertz CT molecular complexity index is 1450. The molecule has 0 aliphatic carbocycles. The van der Waals surface area contributed by atoms with Crippen LogP contribution in [0.3, 0.4) is 0 Å². The minimum atomic E-state index is -4.39. The van der Waals surface area contributed by atoms with Crippen LogP contribution >= 0.6 is 15.9 Å². The van der Waals surface area contributed by atoms with Crippen molar-refractivity contribution in [3.8, 4) is 0 Å². The number of sulfonamides is 1. The van der Waals surface area contributed by atoms with Crippen LogP contribution in [0.1, 0.15) is 15.9 Å². The summed E-state index contributed by atoms with van der Waals surface area (Å²) in [6.45, 7) is 0. The van der Waals surface area contributed by atoms with Crippen LogP contribution in [0.25, 0.3) is 11.0 Å². The van der Waals surface area contributed by atoms with Gasteiger partial charge in [-0.1, -0.05) is 6.07 Å². The third-order valence-corrected chi connectivity index (χ3v) is 6.21. The van der Waals surface area contributed by atoms with Gasteiger partial charge in [0.05, 0.1) is 16.1 Å². The zero-order valence-electron chi connectivity index (χ0n) is 15.3. The fourth-order valence-electron chi connectivity index (χ4n) is 2.98. The summed E-state index contributed by atoms with van der Waals surface area (Å²) in [5.74, 6) is -4.39. The van der Waals surface area contributed by atoms with E-state index in [4.69, 9.17) is 0 Å². The summed E-state index contributed by atoms with van der Waals surface area (Å²) in [5, 5.41) is 0.323. The van der Waals surface area contributed by atoms with Gasteiger partial charge in [-0.25, -0.2) is 26.6 Å². The number of H-pyrrole nitrogens is 1. The van der Waals surface area contributed by atoms with Gasteiger partial charge < -0.3 is 4.98 Å². The second-order valence-corrected chi connectivity index (χ2v) is 9.03.